The second-order valence-electron chi connectivity index (χ2n) is 6.73. The molecule has 0 aliphatic heterocycles. The fraction of sp³-hybridized carbons (Fsp3) is 0.130. The van der Waals surface area contributed by atoms with Gasteiger partial charge >= 0.3 is 0 Å². The quantitative estimate of drug-likeness (QED) is 0.439. The summed E-state index contributed by atoms with van der Waals surface area (Å²) < 4.78 is 26.6. The second kappa shape index (κ2) is 8.74. The van der Waals surface area contributed by atoms with Gasteiger partial charge in [-0.3, -0.25) is 4.79 Å². The smallest absolute Gasteiger partial charge is 0.262 e. The van der Waals surface area contributed by atoms with E-state index in [1.165, 1.54) is 12.1 Å². The Morgan fingerprint density at radius 1 is 1.13 bits per heavy atom. The summed E-state index contributed by atoms with van der Waals surface area (Å²) in [7, 11) is 0. The monoisotopic (exact) mass is 420 g/mol. The Kier molecular flexibility index (Phi) is 5.70. The van der Waals surface area contributed by atoms with E-state index in [9.17, 15) is 9.18 Å². The zero-order chi connectivity index (χ0) is 21.8. The van der Waals surface area contributed by atoms with Crippen LogP contribution in [0.5, 0.6) is 11.5 Å². The van der Waals surface area contributed by atoms with Gasteiger partial charge in [0, 0.05) is 18.0 Å². The van der Waals surface area contributed by atoms with Crippen molar-refractivity contribution in [3.05, 3.63) is 72.8 Å². The lowest BCUT2D eigenvalue weighted by Gasteiger charge is -2.08. The number of hydrogen-bond donors (Lipinski definition) is 2. The summed E-state index contributed by atoms with van der Waals surface area (Å²) in [5.74, 6) is 0.0693. The van der Waals surface area contributed by atoms with E-state index in [1.807, 2.05) is 31.5 Å². The number of imidazole rings is 1. The summed E-state index contributed by atoms with van der Waals surface area (Å²) in [4.78, 5) is 16.8. The van der Waals surface area contributed by atoms with Crippen LogP contribution in [-0.4, -0.2) is 28.5 Å². The van der Waals surface area contributed by atoms with Crippen LogP contribution >= 0.6 is 0 Å². The number of amides is 1. The summed E-state index contributed by atoms with van der Waals surface area (Å²) in [5, 5.41) is 2.49. The van der Waals surface area contributed by atoms with Gasteiger partial charge in [0.05, 0.1) is 23.7 Å². The number of nitrogens with one attached hydrogen (secondary N) is 1. The number of aromatic nitrogens is 2. The number of benzene rings is 2. The van der Waals surface area contributed by atoms with E-state index in [0.717, 1.165) is 5.56 Å². The van der Waals surface area contributed by atoms with Gasteiger partial charge in [-0.15, -0.1) is 0 Å². The third kappa shape index (κ3) is 4.42. The minimum absolute atomic E-state index is 0.102. The summed E-state index contributed by atoms with van der Waals surface area (Å²) in [5.41, 5.74) is 8.76. The fourth-order valence-electron chi connectivity index (χ4n) is 3.13. The Morgan fingerprint density at radius 2 is 1.97 bits per heavy atom. The highest BCUT2D eigenvalue weighted by Crippen LogP contribution is 2.30. The molecule has 4 aromatic rings. The molecule has 7 nitrogen and oxygen atoms in total. The Morgan fingerprint density at radius 3 is 2.74 bits per heavy atom. The van der Waals surface area contributed by atoms with Gasteiger partial charge in [-0.05, 0) is 49.4 Å². The zero-order valence-electron chi connectivity index (χ0n) is 16.8. The average molecular weight is 420 g/mol. The van der Waals surface area contributed by atoms with Crippen LogP contribution in [0, 0.1) is 5.82 Å². The van der Waals surface area contributed by atoms with E-state index < -0.39 is 11.7 Å². The molecule has 0 bridgehead atoms. The summed E-state index contributed by atoms with van der Waals surface area (Å²) in [6, 6.07) is 14.9. The molecule has 158 valence electrons. The Bertz CT molecular complexity index is 1240. The topological polar surface area (TPSA) is 90.9 Å². The number of carbonyl (C=O) groups excluding carboxylic acids is 1. The first-order chi connectivity index (χ1) is 15.0. The maximum Gasteiger partial charge on any atom is 0.262 e. The van der Waals surface area contributed by atoms with E-state index >= 15 is 0 Å². The molecule has 0 unspecified atom stereocenters. The molecule has 31 heavy (non-hydrogen) atoms. The van der Waals surface area contributed by atoms with Crippen LogP contribution in [0.3, 0.4) is 0 Å². The second-order valence-corrected chi connectivity index (χ2v) is 6.73. The van der Waals surface area contributed by atoms with Crippen LogP contribution in [0.4, 0.5) is 15.8 Å². The maximum absolute atomic E-state index is 13.7. The van der Waals surface area contributed by atoms with Crippen molar-refractivity contribution in [3.8, 4) is 22.8 Å². The molecule has 2 aromatic carbocycles. The number of carbonyl (C=O) groups is 1. The molecule has 0 aliphatic rings. The van der Waals surface area contributed by atoms with E-state index in [-0.39, 0.29) is 12.3 Å². The number of nitrogen functional groups attached to an aromatic ring is 1. The third-order valence-corrected chi connectivity index (χ3v) is 4.56. The van der Waals surface area contributed by atoms with Crippen molar-refractivity contribution < 1.29 is 18.7 Å². The SMILES string of the molecule is CCOc1ccc(-c2cn3cccc(OCC(=O)Nc4ccccc4F)c3n2)cc1N. The van der Waals surface area contributed by atoms with Crippen molar-refractivity contribution in [2.75, 3.05) is 24.3 Å². The van der Waals surface area contributed by atoms with Crippen molar-refractivity contribution in [1.29, 1.82) is 0 Å². The molecular weight excluding hydrogens is 399 g/mol. The van der Waals surface area contributed by atoms with E-state index in [4.69, 9.17) is 15.2 Å². The Balaban J connectivity index is 1.52. The molecule has 0 saturated heterocycles. The molecule has 0 spiro atoms. The number of nitrogens with two attached hydrogens (primary N) is 1. The maximum atomic E-state index is 13.7. The summed E-state index contributed by atoms with van der Waals surface area (Å²) >= 11 is 0. The van der Waals surface area contributed by atoms with Crippen molar-refractivity contribution >= 4 is 22.9 Å². The van der Waals surface area contributed by atoms with Gasteiger partial charge < -0.3 is 24.9 Å². The highest BCUT2D eigenvalue weighted by atomic mass is 19.1. The Hall–Kier alpha value is -4.07. The number of anilines is 2. The molecule has 4 rings (SSSR count). The average Bonchev–Trinajstić information content (AvgIpc) is 3.20. The summed E-state index contributed by atoms with van der Waals surface area (Å²) in [6.07, 6.45) is 3.67. The highest BCUT2D eigenvalue weighted by molar-refractivity contribution is 5.92. The minimum atomic E-state index is -0.509. The zero-order valence-corrected chi connectivity index (χ0v) is 16.8. The number of pyridine rings is 1. The molecular formula is C23H21FN4O3. The van der Waals surface area contributed by atoms with Crippen LogP contribution in [0.25, 0.3) is 16.9 Å². The van der Waals surface area contributed by atoms with E-state index in [1.54, 1.807) is 34.7 Å². The standard InChI is InChI=1S/C23H21FN4O3/c1-2-30-20-10-9-15(12-17(20)25)19-13-28-11-5-8-21(23(28)27-19)31-14-22(29)26-18-7-4-3-6-16(18)24/h3-13H,2,14,25H2,1H3,(H,26,29). The summed E-state index contributed by atoms with van der Waals surface area (Å²) in [6.45, 7) is 2.14. The number of halogens is 1. The van der Waals surface area contributed by atoms with Gasteiger partial charge in [-0.25, -0.2) is 9.37 Å². The van der Waals surface area contributed by atoms with Gasteiger partial charge in [-0.1, -0.05) is 12.1 Å². The number of fused-ring (bicyclic) bond motifs is 1. The van der Waals surface area contributed by atoms with Crippen LogP contribution < -0.4 is 20.5 Å². The van der Waals surface area contributed by atoms with Crippen LogP contribution in [-0.2, 0) is 4.79 Å². The van der Waals surface area contributed by atoms with Gasteiger partial charge in [0.2, 0.25) is 0 Å². The third-order valence-electron chi connectivity index (χ3n) is 4.56. The van der Waals surface area contributed by atoms with Crippen LogP contribution in [0.15, 0.2) is 67.0 Å². The van der Waals surface area contributed by atoms with Crippen molar-refractivity contribution in [3.63, 3.8) is 0 Å². The first kappa shape index (κ1) is 20.2. The lowest BCUT2D eigenvalue weighted by atomic mass is 10.1. The van der Waals surface area contributed by atoms with Crippen molar-refractivity contribution in [2.24, 2.45) is 0 Å². The van der Waals surface area contributed by atoms with Gasteiger partial charge in [0.1, 0.15) is 11.6 Å². The normalized spacial score (nSPS) is 10.8. The molecule has 3 N–H and O–H groups in total. The number of rotatable bonds is 7. The highest BCUT2D eigenvalue weighted by Gasteiger charge is 2.13. The minimum Gasteiger partial charge on any atom is -0.492 e. The van der Waals surface area contributed by atoms with Crippen LogP contribution in [0.1, 0.15) is 6.92 Å². The molecule has 0 atom stereocenters. The number of nitrogens with zero attached hydrogens (tertiary/aromatic N) is 2. The fourth-order valence-corrected chi connectivity index (χ4v) is 3.13. The lowest BCUT2D eigenvalue weighted by Crippen LogP contribution is -2.21. The van der Waals surface area contributed by atoms with Crippen molar-refractivity contribution in [1.82, 2.24) is 9.38 Å². The van der Waals surface area contributed by atoms with Gasteiger partial charge in [0.15, 0.2) is 18.0 Å². The molecule has 2 aromatic heterocycles. The largest absolute Gasteiger partial charge is 0.492 e. The molecule has 0 aliphatic carbocycles. The number of ether oxygens (including phenoxy) is 2. The molecule has 2 heterocycles. The molecule has 8 heteroatoms. The van der Waals surface area contributed by atoms with Crippen LogP contribution in [0.2, 0.25) is 0 Å². The van der Waals surface area contributed by atoms with E-state index in [2.05, 4.69) is 10.3 Å². The molecule has 0 fully saturated rings. The first-order valence-corrected chi connectivity index (χ1v) is 9.72. The number of hydrogen-bond acceptors (Lipinski definition) is 5. The van der Waals surface area contributed by atoms with Gasteiger partial charge in [0.25, 0.3) is 5.91 Å². The van der Waals surface area contributed by atoms with Gasteiger partial charge in [-0.2, -0.15) is 0 Å². The molecule has 0 radical (unpaired) electrons. The lowest BCUT2D eigenvalue weighted by molar-refractivity contribution is -0.118. The predicted molar refractivity (Wildman–Crippen MR) is 117 cm³/mol. The first-order valence-electron chi connectivity index (χ1n) is 9.72. The van der Waals surface area contributed by atoms with Crippen molar-refractivity contribution in [2.45, 2.75) is 6.92 Å². The number of para-hydroxylation sites is 1. The van der Waals surface area contributed by atoms with E-state index in [0.29, 0.717) is 35.1 Å². The molecule has 1 amide bonds. The Labute approximate surface area is 178 Å². The predicted octanol–water partition coefficient (Wildman–Crippen LogP) is 4.14. The molecule has 0 saturated carbocycles.